The Morgan fingerprint density at radius 2 is 1.84 bits per heavy atom. The van der Waals surface area contributed by atoms with Crippen molar-refractivity contribution in [1.29, 1.82) is 0 Å². The van der Waals surface area contributed by atoms with Crippen LogP contribution in [-0.2, 0) is 20.5 Å². The van der Waals surface area contributed by atoms with Crippen molar-refractivity contribution in [2.45, 2.75) is 6.42 Å². The van der Waals surface area contributed by atoms with Gasteiger partial charge in [0, 0.05) is 37.6 Å². The first-order chi connectivity index (χ1) is 12.1. The number of Topliss-reactive ketones (excluding diaryl/α,β-unsaturated/α-hetero) is 1. The highest BCUT2D eigenvalue weighted by molar-refractivity contribution is 5.94. The molecule has 0 spiro atoms. The molecular formula is C17H15N7O. The third-order valence-electron chi connectivity index (χ3n) is 3.93. The molecule has 0 fully saturated rings. The molecule has 124 valence electrons. The van der Waals surface area contributed by atoms with Crippen molar-refractivity contribution in [3.8, 4) is 11.4 Å². The highest BCUT2D eigenvalue weighted by atomic mass is 16.1. The minimum atomic E-state index is -0.159. The first-order valence-corrected chi connectivity index (χ1v) is 7.70. The maximum atomic E-state index is 12.3. The fraction of sp³-hybridized carbons (Fsp3) is 0.176. The summed E-state index contributed by atoms with van der Waals surface area (Å²) in [6, 6.07) is 3.87. The van der Waals surface area contributed by atoms with Gasteiger partial charge in [-0.2, -0.15) is 0 Å². The van der Waals surface area contributed by atoms with E-state index in [1.807, 2.05) is 23.7 Å². The van der Waals surface area contributed by atoms with Gasteiger partial charge < -0.3 is 4.57 Å². The average Bonchev–Trinajstić information content (AvgIpc) is 3.22. The van der Waals surface area contributed by atoms with Crippen LogP contribution in [0.4, 0.5) is 0 Å². The molecule has 0 N–H and O–H groups in total. The van der Waals surface area contributed by atoms with E-state index in [0.717, 1.165) is 22.2 Å². The zero-order valence-corrected chi connectivity index (χ0v) is 13.8. The Labute approximate surface area is 143 Å². The summed E-state index contributed by atoms with van der Waals surface area (Å²) in [5, 5.41) is 5.92. The number of hydrogen-bond donors (Lipinski definition) is 0. The Balaban J connectivity index is 1.67. The van der Waals surface area contributed by atoms with E-state index in [9.17, 15) is 4.79 Å². The summed E-state index contributed by atoms with van der Waals surface area (Å²) in [7, 11) is 3.65. The van der Waals surface area contributed by atoms with E-state index in [-0.39, 0.29) is 18.0 Å². The second kappa shape index (κ2) is 5.90. The normalized spacial score (nSPS) is 11.1. The topological polar surface area (TPSA) is 91.4 Å². The molecule has 8 heteroatoms. The molecule has 0 aromatic carbocycles. The quantitative estimate of drug-likeness (QED) is 0.527. The van der Waals surface area contributed by atoms with Gasteiger partial charge in [0.15, 0.2) is 0 Å². The molecule has 4 aromatic rings. The largest absolute Gasteiger partial charge is 0.332 e. The molecule has 0 aliphatic heterocycles. The van der Waals surface area contributed by atoms with Crippen LogP contribution in [0, 0.1) is 0 Å². The molecule has 0 radical (unpaired) electrons. The van der Waals surface area contributed by atoms with Gasteiger partial charge >= 0.3 is 0 Å². The summed E-state index contributed by atoms with van der Waals surface area (Å²) in [4.78, 5) is 29.2. The zero-order chi connectivity index (χ0) is 17.4. The van der Waals surface area contributed by atoms with Crippen LogP contribution >= 0.6 is 0 Å². The van der Waals surface area contributed by atoms with Crippen molar-refractivity contribution >= 4 is 16.6 Å². The summed E-state index contributed by atoms with van der Waals surface area (Å²) < 4.78 is 3.42. The number of rotatable bonds is 4. The van der Waals surface area contributed by atoms with E-state index in [0.29, 0.717) is 5.69 Å². The minimum Gasteiger partial charge on any atom is -0.332 e. The van der Waals surface area contributed by atoms with Crippen LogP contribution in [0.5, 0.6) is 0 Å². The van der Waals surface area contributed by atoms with Gasteiger partial charge in [-0.3, -0.25) is 19.4 Å². The van der Waals surface area contributed by atoms with E-state index in [2.05, 4.69) is 25.0 Å². The molecule has 0 aliphatic rings. The number of aromatic nitrogens is 7. The molecule has 0 saturated heterocycles. The number of ketones is 1. The summed E-state index contributed by atoms with van der Waals surface area (Å²) in [5.74, 6) is 0.0445. The first kappa shape index (κ1) is 15.1. The van der Waals surface area contributed by atoms with Gasteiger partial charge in [0.1, 0.15) is 6.33 Å². The van der Waals surface area contributed by atoms with Gasteiger partial charge in [0.05, 0.1) is 30.3 Å². The SMILES string of the molecule is Cn1cnc(C(=O)Cc2cc3cc(-c4cncn4C)ncc3cn2)n1. The van der Waals surface area contributed by atoms with Gasteiger partial charge in [-0.05, 0) is 17.5 Å². The summed E-state index contributed by atoms with van der Waals surface area (Å²) in [6.07, 6.45) is 8.67. The Bertz CT molecular complexity index is 1080. The van der Waals surface area contributed by atoms with Crippen LogP contribution in [-0.4, -0.2) is 40.1 Å². The standard InChI is InChI=1S/C17H15N7O/c1-23-9-18-8-15(23)14-4-11-3-13(19-6-12(11)7-20-14)5-16(25)17-21-10-24(2)22-17/h3-4,6-10H,5H2,1-2H3. The summed E-state index contributed by atoms with van der Waals surface area (Å²) in [5.41, 5.74) is 2.42. The molecule has 8 nitrogen and oxygen atoms in total. The maximum Gasteiger partial charge on any atom is 0.217 e. The van der Waals surface area contributed by atoms with Crippen LogP contribution in [0.3, 0.4) is 0 Å². The van der Waals surface area contributed by atoms with Gasteiger partial charge in [0.2, 0.25) is 11.6 Å². The highest BCUT2D eigenvalue weighted by Gasteiger charge is 2.13. The molecule has 4 rings (SSSR count). The van der Waals surface area contributed by atoms with Gasteiger partial charge in [-0.25, -0.2) is 9.97 Å². The third kappa shape index (κ3) is 2.89. The lowest BCUT2D eigenvalue weighted by atomic mass is 10.1. The molecular weight excluding hydrogens is 318 g/mol. The van der Waals surface area contributed by atoms with Crippen molar-refractivity contribution in [2.75, 3.05) is 0 Å². The number of carbonyl (C=O) groups is 1. The Hall–Kier alpha value is -3.42. The molecule has 4 heterocycles. The van der Waals surface area contributed by atoms with Gasteiger partial charge in [-0.15, -0.1) is 5.10 Å². The number of hydrogen-bond acceptors (Lipinski definition) is 6. The van der Waals surface area contributed by atoms with Crippen molar-refractivity contribution in [1.82, 2.24) is 34.3 Å². The predicted molar refractivity (Wildman–Crippen MR) is 90.8 cm³/mol. The van der Waals surface area contributed by atoms with Crippen LogP contribution in [0.15, 0.2) is 43.4 Å². The Morgan fingerprint density at radius 3 is 2.56 bits per heavy atom. The van der Waals surface area contributed by atoms with Crippen molar-refractivity contribution in [2.24, 2.45) is 14.1 Å². The number of nitrogens with zero attached hydrogens (tertiary/aromatic N) is 7. The first-order valence-electron chi connectivity index (χ1n) is 7.70. The van der Waals surface area contributed by atoms with Crippen LogP contribution in [0.2, 0.25) is 0 Å². The smallest absolute Gasteiger partial charge is 0.217 e. The summed E-state index contributed by atoms with van der Waals surface area (Å²) in [6.45, 7) is 0. The monoisotopic (exact) mass is 333 g/mol. The number of aryl methyl sites for hydroxylation is 2. The zero-order valence-electron chi connectivity index (χ0n) is 13.8. The Morgan fingerprint density at radius 1 is 1.00 bits per heavy atom. The molecule has 0 saturated carbocycles. The molecule has 0 atom stereocenters. The molecule has 25 heavy (non-hydrogen) atoms. The van der Waals surface area contributed by atoms with Gasteiger partial charge in [-0.1, -0.05) is 0 Å². The van der Waals surface area contributed by atoms with Crippen LogP contribution in [0.25, 0.3) is 22.2 Å². The lowest BCUT2D eigenvalue weighted by Gasteiger charge is -2.05. The lowest BCUT2D eigenvalue weighted by Crippen LogP contribution is -2.08. The van der Waals surface area contributed by atoms with Crippen LogP contribution < -0.4 is 0 Å². The summed E-state index contributed by atoms with van der Waals surface area (Å²) >= 11 is 0. The molecule has 0 aliphatic carbocycles. The molecule has 0 unspecified atom stereocenters. The molecule has 0 bridgehead atoms. The van der Waals surface area contributed by atoms with E-state index in [4.69, 9.17) is 0 Å². The van der Waals surface area contributed by atoms with E-state index in [1.54, 1.807) is 32.0 Å². The predicted octanol–water partition coefficient (Wildman–Crippen LogP) is 1.58. The number of fused-ring (bicyclic) bond motifs is 1. The molecule has 4 aromatic heterocycles. The number of imidazole rings is 1. The molecule has 0 amide bonds. The fourth-order valence-corrected chi connectivity index (χ4v) is 2.63. The minimum absolute atomic E-state index is 0.156. The third-order valence-corrected chi connectivity index (χ3v) is 3.93. The van der Waals surface area contributed by atoms with Gasteiger partial charge in [0.25, 0.3) is 0 Å². The second-order valence-electron chi connectivity index (χ2n) is 5.82. The van der Waals surface area contributed by atoms with E-state index in [1.165, 1.54) is 11.0 Å². The Kier molecular flexibility index (Phi) is 3.57. The maximum absolute atomic E-state index is 12.3. The fourth-order valence-electron chi connectivity index (χ4n) is 2.63. The number of pyridine rings is 2. The average molecular weight is 333 g/mol. The van der Waals surface area contributed by atoms with Crippen molar-refractivity contribution < 1.29 is 4.79 Å². The van der Waals surface area contributed by atoms with Crippen LogP contribution in [0.1, 0.15) is 16.3 Å². The van der Waals surface area contributed by atoms with E-state index < -0.39 is 0 Å². The van der Waals surface area contributed by atoms with E-state index >= 15 is 0 Å². The lowest BCUT2D eigenvalue weighted by molar-refractivity contribution is 0.0982. The van der Waals surface area contributed by atoms with Crippen molar-refractivity contribution in [3.63, 3.8) is 0 Å². The number of carbonyl (C=O) groups excluding carboxylic acids is 1. The highest BCUT2D eigenvalue weighted by Crippen LogP contribution is 2.21. The second-order valence-corrected chi connectivity index (χ2v) is 5.82. The van der Waals surface area contributed by atoms with Crippen molar-refractivity contribution in [3.05, 3.63) is 54.9 Å².